The lowest BCUT2D eigenvalue weighted by molar-refractivity contribution is -0.0935. The first-order chi connectivity index (χ1) is 16.3. The molecule has 2 aromatic rings. The summed E-state index contributed by atoms with van der Waals surface area (Å²) >= 11 is 0. The number of rotatable bonds is 4. The number of ketones is 2. The molecule has 0 fully saturated rings. The van der Waals surface area contributed by atoms with Crippen molar-refractivity contribution in [2.45, 2.75) is 37.4 Å². The lowest BCUT2D eigenvalue weighted by Crippen LogP contribution is -2.52. The van der Waals surface area contributed by atoms with Crippen LogP contribution in [0.5, 0.6) is 17.2 Å². The van der Waals surface area contributed by atoms with E-state index in [2.05, 4.69) is 6.08 Å². The largest absolute Gasteiger partial charge is 0.507 e. The lowest BCUT2D eigenvalue weighted by Gasteiger charge is -2.40. The molecule has 1 aliphatic heterocycles. The number of benzene rings is 2. The second-order valence-electron chi connectivity index (χ2n) is 9.26. The van der Waals surface area contributed by atoms with Crippen LogP contribution in [-0.4, -0.2) is 75.3 Å². The van der Waals surface area contributed by atoms with E-state index in [1.165, 1.54) is 13.2 Å². The number of phenolic OH excluding ortho intramolecular Hbond substituents is 2. The molecular weight excluding hydrogens is 438 g/mol. The lowest BCUT2D eigenvalue weighted by atomic mass is 9.72. The van der Waals surface area contributed by atoms with Gasteiger partial charge in [-0.05, 0) is 25.3 Å². The number of carbonyl (C=O) groups excluding carboxylic acids is 2. The third-order valence-electron chi connectivity index (χ3n) is 7.32. The first-order valence-electron chi connectivity index (χ1n) is 11.4. The zero-order chi connectivity index (χ0) is 24.2. The molecular formula is C26H27NO7. The van der Waals surface area contributed by atoms with E-state index in [1.807, 2.05) is 11.0 Å². The molecule has 8 heteroatoms. The van der Waals surface area contributed by atoms with Crippen LogP contribution in [0.25, 0.3) is 0 Å². The fourth-order valence-corrected chi connectivity index (χ4v) is 5.40. The maximum Gasteiger partial charge on any atom is 0.202 e. The molecule has 4 N–H and O–H groups in total. The van der Waals surface area contributed by atoms with E-state index in [0.717, 1.165) is 13.0 Å². The van der Waals surface area contributed by atoms with E-state index >= 15 is 0 Å². The zero-order valence-electron chi connectivity index (χ0n) is 18.9. The summed E-state index contributed by atoms with van der Waals surface area (Å²) in [4.78, 5) is 28.7. The van der Waals surface area contributed by atoms with E-state index in [9.17, 15) is 30.0 Å². The number of aliphatic hydroxyl groups excluding tert-OH is 1. The second-order valence-corrected chi connectivity index (χ2v) is 9.26. The Morgan fingerprint density at radius 2 is 1.79 bits per heavy atom. The molecule has 2 atom stereocenters. The molecule has 0 saturated carbocycles. The van der Waals surface area contributed by atoms with Crippen LogP contribution >= 0.6 is 0 Å². The first kappa shape index (κ1) is 22.6. The summed E-state index contributed by atoms with van der Waals surface area (Å²) in [5.41, 5.74) is -1.43. The van der Waals surface area contributed by atoms with Crippen LogP contribution in [0.3, 0.4) is 0 Å². The summed E-state index contributed by atoms with van der Waals surface area (Å²) in [7, 11) is 1.39. The van der Waals surface area contributed by atoms with Crippen LogP contribution < -0.4 is 4.74 Å². The Labute approximate surface area is 196 Å². The quantitative estimate of drug-likeness (QED) is 0.339. The van der Waals surface area contributed by atoms with Gasteiger partial charge in [-0.25, -0.2) is 0 Å². The Hall–Kier alpha value is -3.20. The molecule has 2 unspecified atom stereocenters. The summed E-state index contributed by atoms with van der Waals surface area (Å²) < 4.78 is 5.26. The van der Waals surface area contributed by atoms with E-state index in [1.54, 1.807) is 12.1 Å². The molecule has 0 radical (unpaired) electrons. The smallest absolute Gasteiger partial charge is 0.202 e. The molecule has 34 heavy (non-hydrogen) atoms. The van der Waals surface area contributed by atoms with Gasteiger partial charge in [0, 0.05) is 42.7 Å². The molecule has 5 rings (SSSR count). The van der Waals surface area contributed by atoms with Gasteiger partial charge in [0.25, 0.3) is 0 Å². The fraction of sp³-hybridized carbons (Fsp3) is 0.385. The van der Waals surface area contributed by atoms with Crippen LogP contribution in [0.1, 0.15) is 55.8 Å². The number of β-amino-alcohol motifs (C(OH)–C–C–N with tert-alkyl or cyclic N) is 1. The molecule has 1 heterocycles. The Morgan fingerprint density at radius 3 is 2.50 bits per heavy atom. The highest BCUT2D eigenvalue weighted by atomic mass is 16.5. The van der Waals surface area contributed by atoms with Crippen LogP contribution in [0.4, 0.5) is 0 Å². The summed E-state index contributed by atoms with van der Waals surface area (Å²) in [5, 5.41) is 44.4. The molecule has 0 aromatic heterocycles. The Morgan fingerprint density at radius 1 is 1.06 bits per heavy atom. The molecule has 0 amide bonds. The molecule has 0 spiro atoms. The SMILES string of the molecule is COc1cccc2c1C(=O)c1c(O)c3c(c(O)c1C2=O)CC(O)(C(O)CN1CC=CCC1)CC3. The van der Waals surface area contributed by atoms with Crippen molar-refractivity contribution in [1.82, 2.24) is 4.90 Å². The second kappa shape index (κ2) is 8.23. The number of fused-ring (bicyclic) bond motifs is 3. The highest BCUT2D eigenvalue weighted by Gasteiger charge is 2.45. The van der Waals surface area contributed by atoms with Gasteiger partial charge in [0.15, 0.2) is 5.78 Å². The molecule has 0 saturated heterocycles. The molecule has 8 nitrogen and oxygen atoms in total. The number of carbonyl (C=O) groups is 2. The average molecular weight is 466 g/mol. The topological polar surface area (TPSA) is 128 Å². The minimum absolute atomic E-state index is 0.0514. The maximum atomic E-state index is 13.3. The summed E-state index contributed by atoms with van der Waals surface area (Å²) in [6.07, 6.45) is 4.00. The van der Waals surface area contributed by atoms with E-state index < -0.39 is 29.0 Å². The van der Waals surface area contributed by atoms with Crippen molar-refractivity contribution in [3.05, 3.63) is 63.7 Å². The van der Waals surface area contributed by atoms with Crippen molar-refractivity contribution in [3.8, 4) is 17.2 Å². The highest BCUT2D eigenvalue weighted by Crippen LogP contribution is 2.48. The number of aliphatic hydroxyl groups is 2. The number of ether oxygens (including phenoxy) is 1. The van der Waals surface area contributed by atoms with Gasteiger partial charge in [-0.1, -0.05) is 24.3 Å². The Bertz CT molecular complexity index is 1230. The van der Waals surface area contributed by atoms with Crippen molar-refractivity contribution in [1.29, 1.82) is 0 Å². The number of nitrogens with zero attached hydrogens (tertiary/aromatic N) is 1. The van der Waals surface area contributed by atoms with Crippen molar-refractivity contribution in [2.75, 3.05) is 26.7 Å². The number of hydrogen-bond donors (Lipinski definition) is 4. The normalized spacial score (nSPS) is 22.7. The third kappa shape index (κ3) is 3.33. The number of aromatic hydroxyl groups is 2. The number of methoxy groups -OCH3 is 1. The molecule has 3 aliphatic rings. The predicted molar refractivity (Wildman–Crippen MR) is 123 cm³/mol. The van der Waals surface area contributed by atoms with Crippen molar-refractivity contribution in [3.63, 3.8) is 0 Å². The minimum Gasteiger partial charge on any atom is -0.507 e. The highest BCUT2D eigenvalue weighted by molar-refractivity contribution is 6.31. The third-order valence-corrected chi connectivity index (χ3v) is 7.32. The zero-order valence-corrected chi connectivity index (χ0v) is 18.9. The first-order valence-corrected chi connectivity index (χ1v) is 11.4. The Kier molecular flexibility index (Phi) is 5.47. The van der Waals surface area contributed by atoms with Crippen LogP contribution in [0.2, 0.25) is 0 Å². The monoisotopic (exact) mass is 465 g/mol. The van der Waals surface area contributed by atoms with Crippen molar-refractivity contribution >= 4 is 11.6 Å². The van der Waals surface area contributed by atoms with Gasteiger partial charge in [0.1, 0.15) is 17.2 Å². The van der Waals surface area contributed by atoms with E-state index in [-0.39, 0.29) is 65.1 Å². The van der Waals surface area contributed by atoms with Crippen LogP contribution in [0, 0.1) is 0 Å². The standard InChI is InChI=1S/C26H27NO7/c1-34-17-7-5-6-15-19(17)25(32)21-20(23(15)30)24(31)16-12-26(33,9-8-14(16)22(21)29)18(28)13-27-10-3-2-4-11-27/h2-3,5-7,18,28-29,31,33H,4,8-13H2,1H3. The molecule has 2 aliphatic carbocycles. The fourth-order valence-electron chi connectivity index (χ4n) is 5.40. The average Bonchev–Trinajstić information content (AvgIpc) is 2.84. The summed E-state index contributed by atoms with van der Waals surface area (Å²) in [5.74, 6) is -1.79. The maximum absolute atomic E-state index is 13.3. The van der Waals surface area contributed by atoms with E-state index in [4.69, 9.17) is 4.74 Å². The summed E-state index contributed by atoms with van der Waals surface area (Å²) in [6, 6.07) is 4.61. The van der Waals surface area contributed by atoms with Gasteiger partial charge in [-0.15, -0.1) is 0 Å². The van der Waals surface area contributed by atoms with Gasteiger partial charge in [0.05, 0.1) is 35.5 Å². The van der Waals surface area contributed by atoms with Crippen LogP contribution in [0.15, 0.2) is 30.4 Å². The summed E-state index contributed by atoms with van der Waals surface area (Å²) in [6.45, 7) is 1.72. The molecule has 2 aromatic carbocycles. The Balaban J connectivity index is 1.55. The van der Waals surface area contributed by atoms with Gasteiger partial charge in [-0.2, -0.15) is 0 Å². The number of phenols is 2. The van der Waals surface area contributed by atoms with Gasteiger partial charge < -0.3 is 25.2 Å². The van der Waals surface area contributed by atoms with Gasteiger partial charge >= 0.3 is 0 Å². The van der Waals surface area contributed by atoms with Gasteiger partial charge in [0.2, 0.25) is 5.78 Å². The van der Waals surface area contributed by atoms with Crippen molar-refractivity contribution in [2.24, 2.45) is 0 Å². The predicted octanol–water partition coefficient (Wildman–Crippen LogP) is 1.72. The van der Waals surface area contributed by atoms with Crippen LogP contribution in [-0.2, 0) is 12.8 Å². The minimum atomic E-state index is -1.55. The van der Waals surface area contributed by atoms with E-state index in [0.29, 0.717) is 12.1 Å². The molecule has 0 bridgehead atoms. The number of hydrogen-bond acceptors (Lipinski definition) is 8. The van der Waals surface area contributed by atoms with Gasteiger partial charge in [-0.3, -0.25) is 14.5 Å². The molecule has 178 valence electrons. The van der Waals surface area contributed by atoms with Crippen molar-refractivity contribution < 1.29 is 34.8 Å².